The molecule has 0 bridgehead atoms. The molecule has 0 aliphatic heterocycles. The van der Waals surface area contributed by atoms with Gasteiger partial charge in [-0.25, -0.2) is 0 Å². The number of rotatable bonds is 12. The molecule has 2 unspecified atom stereocenters. The molecule has 0 heterocycles. The lowest BCUT2D eigenvalue weighted by atomic mass is 9.88. The minimum absolute atomic E-state index is 0.000756. The Balaban J connectivity index is 1.95. The Bertz CT molecular complexity index is 917. The molecular weight excluding hydrogens is 503 g/mol. The summed E-state index contributed by atoms with van der Waals surface area (Å²) in [5.41, 5.74) is 0. The Morgan fingerprint density at radius 2 is 1.86 bits per heavy atom. The lowest BCUT2D eigenvalue weighted by molar-refractivity contribution is -0.139. The summed E-state index contributed by atoms with van der Waals surface area (Å²) < 4.78 is 0. The van der Waals surface area contributed by atoms with Crippen molar-refractivity contribution >= 4 is 53.1 Å². The predicted octanol–water partition coefficient (Wildman–Crippen LogP) is 1.93. The van der Waals surface area contributed by atoms with Gasteiger partial charge in [-0.15, -0.1) is 0 Å². The number of aliphatic hydroxyl groups excluding tert-OH is 2. The lowest BCUT2D eigenvalue weighted by Crippen LogP contribution is -2.49. The van der Waals surface area contributed by atoms with Crippen LogP contribution in [-0.2, 0) is 24.0 Å². The number of aliphatic hydroxyl groups is 2. The number of halogens is 2. The van der Waals surface area contributed by atoms with E-state index in [-0.39, 0.29) is 34.6 Å². The second kappa shape index (κ2) is 13.0. The van der Waals surface area contributed by atoms with Crippen LogP contribution < -0.4 is 10.6 Å². The molecule has 2 amide bonds. The molecule has 0 aromatic rings. The third-order valence-electron chi connectivity index (χ3n) is 6.34. The van der Waals surface area contributed by atoms with Crippen molar-refractivity contribution in [3.8, 4) is 0 Å². The number of allylic oxidation sites excluding steroid dienone is 2. The highest BCUT2D eigenvalue weighted by Crippen LogP contribution is 2.36. The zero-order valence-corrected chi connectivity index (χ0v) is 20.7. The van der Waals surface area contributed by atoms with Gasteiger partial charge < -0.3 is 30.7 Å². The van der Waals surface area contributed by atoms with Crippen LogP contribution in [0.4, 0.5) is 0 Å². The molecule has 194 valence electrons. The summed E-state index contributed by atoms with van der Waals surface area (Å²) in [6, 6.07) is -2.30. The summed E-state index contributed by atoms with van der Waals surface area (Å²) in [4.78, 5) is 60.0. The van der Waals surface area contributed by atoms with E-state index in [0.717, 1.165) is 6.42 Å². The fourth-order valence-corrected chi connectivity index (χ4v) is 5.04. The fraction of sp³-hybridized carbons (Fsp3) is 0.609. The van der Waals surface area contributed by atoms with Crippen molar-refractivity contribution in [2.75, 3.05) is 0 Å². The number of amides is 2. The average Bonchev–Trinajstić information content (AvgIpc) is 3.26. The van der Waals surface area contributed by atoms with Gasteiger partial charge in [0.25, 0.3) is 0 Å². The predicted molar refractivity (Wildman–Crippen MR) is 126 cm³/mol. The number of carbonyl (C=O) groups excluding carboxylic acids is 4. The van der Waals surface area contributed by atoms with E-state index in [0.29, 0.717) is 25.5 Å². The highest BCUT2D eigenvalue weighted by Gasteiger charge is 2.36. The summed E-state index contributed by atoms with van der Waals surface area (Å²) in [5, 5.41) is 33.6. The van der Waals surface area contributed by atoms with Crippen LogP contribution in [0.15, 0.2) is 21.9 Å². The molecule has 0 spiro atoms. The number of Topliss-reactive ketones (excluding diaryl/α,β-unsaturated/α-hetero) is 1. The van der Waals surface area contributed by atoms with Crippen LogP contribution >= 0.6 is 23.2 Å². The average molecular weight is 533 g/mol. The maximum atomic E-state index is 12.9. The summed E-state index contributed by atoms with van der Waals surface area (Å²) in [6.07, 6.45) is 2.32. The third kappa shape index (κ3) is 8.05. The van der Waals surface area contributed by atoms with E-state index in [1.54, 1.807) is 0 Å². The molecule has 0 aromatic heterocycles. The highest BCUT2D eigenvalue weighted by molar-refractivity contribution is 6.35. The Kier molecular flexibility index (Phi) is 10.7. The largest absolute Gasteiger partial charge is 0.505 e. The molecule has 2 rings (SSSR count). The van der Waals surface area contributed by atoms with E-state index in [9.17, 15) is 34.2 Å². The Hall–Kier alpha value is -2.43. The van der Waals surface area contributed by atoms with Gasteiger partial charge in [0.2, 0.25) is 11.8 Å². The summed E-state index contributed by atoms with van der Waals surface area (Å²) in [6.45, 7) is 1.37. The molecule has 0 aromatic carbocycles. The number of aldehydes is 1. The zero-order valence-electron chi connectivity index (χ0n) is 19.2. The first-order valence-corrected chi connectivity index (χ1v) is 12.1. The lowest BCUT2D eigenvalue weighted by Gasteiger charge is -2.25. The topological polar surface area (TPSA) is 170 Å². The van der Waals surface area contributed by atoms with E-state index >= 15 is 0 Å². The number of hydrogen-bond acceptors (Lipinski definition) is 7. The van der Waals surface area contributed by atoms with E-state index in [4.69, 9.17) is 28.3 Å². The number of nitrogens with one attached hydrogen (secondary N) is 2. The van der Waals surface area contributed by atoms with Crippen molar-refractivity contribution in [3.05, 3.63) is 21.9 Å². The van der Waals surface area contributed by atoms with E-state index in [1.807, 2.05) is 0 Å². The number of aliphatic carboxylic acids is 1. The van der Waals surface area contributed by atoms with Crippen LogP contribution in [0.1, 0.15) is 51.9 Å². The van der Waals surface area contributed by atoms with Gasteiger partial charge in [-0.05, 0) is 38.2 Å². The summed E-state index contributed by atoms with van der Waals surface area (Å²) in [5.74, 6) is -4.37. The summed E-state index contributed by atoms with van der Waals surface area (Å²) in [7, 11) is 0. The van der Waals surface area contributed by atoms with Gasteiger partial charge in [-0.1, -0.05) is 29.6 Å². The van der Waals surface area contributed by atoms with Gasteiger partial charge in [0.05, 0.1) is 34.5 Å². The van der Waals surface area contributed by atoms with Crippen LogP contribution in [0.5, 0.6) is 0 Å². The number of ketones is 1. The maximum absolute atomic E-state index is 12.9. The molecule has 2 aliphatic carbocycles. The van der Waals surface area contributed by atoms with Crippen molar-refractivity contribution in [1.82, 2.24) is 10.6 Å². The molecule has 2 aliphatic rings. The fourth-order valence-electron chi connectivity index (χ4n) is 4.45. The van der Waals surface area contributed by atoms with Crippen molar-refractivity contribution < 1.29 is 39.3 Å². The first kappa shape index (κ1) is 28.8. The van der Waals surface area contributed by atoms with Crippen molar-refractivity contribution in [2.45, 2.75) is 70.1 Å². The second-order valence-electron chi connectivity index (χ2n) is 8.96. The first-order chi connectivity index (χ1) is 16.4. The molecule has 12 heteroatoms. The Morgan fingerprint density at radius 3 is 2.43 bits per heavy atom. The summed E-state index contributed by atoms with van der Waals surface area (Å²) >= 11 is 11.8. The van der Waals surface area contributed by atoms with Crippen molar-refractivity contribution in [3.63, 3.8) is 0 Å². The Morgan fingerprint density at radius 1 is 1.17 bits per heavy atom. The molecule has 5 N–H and O–H groups in total. The monoisotopic (exact) mass is 532 g/mol. The van der Waals surface area contributed by atoms with Gasteiger partial charge >= 0.3 is 5.97 Å². The molecule has 6 atom stereocenters. The number of carboxylic acids is 1. The van der Waals surface area contributed by atoms with Crippen molar-refractivity contribution in [2.24, 2.45) is 17.8 Å². The molecule has 1 fully saturated rings. The number of hydrogen-bond donors (Lipinski definition) is 5. The van der Waals surface area contributed by atoms with E-state index in [2.05, 4.69) is 10.6 Å². The minimum Gasteiger partial charge on any atom is -0.505 e. The van der Waals surface area contributed by atoms with Crippen LogP contribution in [0.25, 0.3) is 0 Å². The van der Waals surface area contributed by atoms with Gasteiger partial charge in [0.15, 0.2) is 5.78 Å². The zero-order chi connectivity index (χ0) is 26.3. The van der Waals surface area contributed by atoms with Crippen molar-refractivity contribution in [1.29, 1.82) is 0 Å². The first-order valence-electron chi connectivity index (χ1n) is 11.4. The van der Waals surface area contributed by atoms with Crippen LogP contribution in [0.3, 0.4) is 0 Å². The quantitative estimate of drug-likeness (QED) is 0.237. The van der Waals surface area contributed by atoms with Gasteiger partial charge in [0.1, 0.15) is 18.1 Å². The second-order valence-corrected chi connectivity index (χ2v) is 9.82. The van der Waals surface area contributed by atoms with E-state index in [1.165, 1.54) is 13.0 Å². The SMILES string of the molecule is C[C@@H](O)[C@H](NC(=O)C1C=C(Cl)C(O)=C(Cl)C1)C(=O)CCC1CCC[C@H]1C(=O)N[C@H](C=O)CC(=O)O. The van der Waals surface area contributed by atoms with Gasteiger partial charge in [0, 0.05) is 18.8 Å². The Labute approximate surface area is 212 Å². The molecule has 35 heavy (non-hydrogen) atoms. The number of carbonyl (C=O) groups is 5. The molecule has 10 nitrogen and oxygen atoms in total. The van der Waals surface area contributed by atoms with E-state index < -0.39 is 60.0 Å². The van der Waals surface area contributed by atoms with Gasteiger partial charge in [-0.2, -0.15) is 0 Å². The third-order valence-corrected chi connectivity index (χ3v) is 6.98. The minimum atomic E-state index is -1.21. The normalized spacial score (nSPS) is 24.7. The standard InChI is InChI=1S/C23H30Cl2N2O8/c1-11(29)20(27-22(34)13-7-16(24)21(33)17(25)8-13)18(30)6-5-12-3-2-4-15(12)23(35)26-14(10-28)9-19(31)32/h7,10-15,20,29,33H,2-6,8-9H2,1H3,(H,26,35)(H,27,34)(H,31,32)/t11-,12?,13?,14+,15-,20+/m1/s1. The van der Waals surface area contributed by atoms with Crippen LogP contribution in [-0.4, -0.2) is 63.4 Å². The molecule has 0 saturated heterocycles. The molecule has 0 radical (unpaired) electrons. The molecule has 1 saturated carbocycles. The number of carboxylic acid groups (broad SMARTS) is 1. The van der Waals surface area contributed by atoms with Crippen LogP contribution in [0, 0.1) is 17.8 Å². The highest BCUT2D eigenvalue weighted by atomic mass is 35.5. The van der Waals surface area contributed by atoms with Crippen LogP contribution in [0.2, 0.25) is 0 Å². The molecular formula is C23H30Cl2N2O8. The smallest absolute Gasteiger partial charge is 0.305 e. The maximum Gasteiger partial charge on any atom is 0.305 e. The van der Waals surface area contributed by atoms with Gasteiger partial charge in [-0.3, -0.25) is 19.2 Å².